The van der Waals surface area contributed by atoms with Crippen LogP contribution in [0.2, 0.25) is 0 Å². The number of carbonyl (C=O) groups excluding carboxylic acids is 1. The van der Waals surface area contributed by atoms with E-state index in [1.54, 1.807) is 12.3 Å². The molecule has 2 aromatic carbocycles. The molecule has 4 rings (SSSR count). The van der Waals surface area contributed by atoms with Gasteiger partial charge in [-0.05, 0) is 55.2 Å². The summed E-state index contributed by atoms with van der Waals surface area (Å²) in [7, 11) is 0. The molecule has 1 amide bonds. The summed E-state index contributed by atoms with van der Waals surface area (Å²) in [6.45, 7) is 1.83. The van der Waals surface area contributed by atoms with E-state index in [1.807, 2.05) is 47.3 Å². The maximum absolute atomic E-state index is 12.6. The molecule has 1 aliphatic rings. The molecule has 0 saturated carbocycles. The third kappa shape index (κ3) is 5.03. The van der Waals surface area contributed by atoms with Crippen LogP contribution in [0, 0.1) is 0 Å². The zero-order valence-corrected chi connectivity index (χ0v) is 16.3. The standard InChI is InChI=1S/C23H25N3O3/c27-23(21-6-1-2-7-22(21)29-17-20-5-3-16-28-20)24-14-12-18-8-10-19(11-9-18)26-15-4-13-25-26/h1-2,4,6-11,13,15,20H,3,5,12,14,16-17H2,(H,24,27)/t20-/m0/s1. The highest BCUT2D eigenvalue weighted by atomic mass is 16.5. The van der Waals surface area contributed by atoms with Crippen LogP contribution in [0.25, 0.3) is 5.69 Å². The van der Waals surface area contributed by atoms with Gasteiger partial charge in [0, 0.05) is 25.5 Å². The van der Waals surface area contributed by atoms with Gasteiger partial charge in [-0.15, -0.1) is 0 Å². The fourth-order valence-corrected chi connectivity index (χ4v) is 3.39. The summed E-state index contributed by atoms with van der Waals surface area (Å²) in [5, 5.41) is 7.21. The lowest BCUT2D eigenvalue weighted by Crippen LogP contribution is -2.26. The summed E-state index contributed by atoms with van der Waals surface area (Å²) in [4.78, 5) is 12.6. The van der Waals surface area contributed by atoms with Gasteiger partial charge in [0.25, 0.3) is 5.91 Å². The van der Waals surface area contributed by atoms with Crippen LogP contribution in [0.1, 0.15) is 28.8 Å². The van der Waals surface area contributed by atoms with Crippen LogP contribution in [-0.2, 0) is 11.2 Å². The number of benzene rings is 2. The molecule has 150 valence electrons. The van der Waals surface area contributed by atoms with Gasteiger partial charge < -0.3 is 14.8 Å². The highest BCUT2D eigenvalue weighted by molar-refractivity contribution is 5.96. The normalized spacial score (nSPS) is 15.9. The monoisotopic (exact) mass is 391 g/mol. The van der Waals surface area contributed by atoms with E-state index in [-0.39, 0.29) is 12.0 Å². The van der Waals surface area contributed by atoms with Crippen LogP contribution < -0.4 is 10.1 Å². The molecule has 1 aromatic heterocycles. The lowest BCUT2D eigenvalue weighted by atomic mass is 10.1. The Labute approximate surface area is 170 Å². The van der Waals surface area contributed by atoms with Crippen molar-refractivity contribution >= 4 is 5.91 Å². The van der Waals surface area contributed by atoms with E-state index >= 15 is 0 Å². The van der Waals surface area contributed by atoms with Gasteiger partial charge in [-0.25, -0.2) is 4.68 Å². The summed E-state index contributed by atoms with van der Waals surface area (Å²) < 4.78 is 13.3. The fraction of sp³-hybridized carbons (Fsp3) is 0.304. The number of aromatic nitrogens is 2. The van der Waals surface area contributed by atoms with E-state index in [2.05, 4.69) is 22.5 Å². The Morgan fingerprint density at radius 2 is 2.03 bits per heavy atom. The van der Waals surface area contributed by atoms with Crippen molar-refractivity contribution in [2.45, 2.75) is 25.4 Å². The fourth-order valence-electron chi connectivity index (χ4n) is 3.39. The highest BCUT2D eigenvalue weighted by Crippen LogP contribution is 2.20. The number of nitrogens with zero attached hydrogens (tertiary/aromatic N) is 2. The molecular weight excluding hydrogens is 366 g/mol. The van der Waals surface area contributed by atoms with Gasteiger partial charge in [-0.1, -0.05) is 24.3 Å². The Kier molecular flexibility index (Phi) is 6.22. The Morgan fingerprint density at radius 3 is 2.79 bits per heavy atom. The Balaban J connectivity index is 1.29. The van der Waals surface area contributed by atoms with Crippen molar-refractivity contribution in [3.63, 3.8) is 0 Å². The zero-order valence-electron chi connectivity index (χ0n) is 16.3. The summed E-state index contributed by atoms with van der Waals surface area (Å²) >= 11 is 0. The van der Waals surface area contributed by atoms with E-state index in [0.29, 0.717) is 24.5 Å². The topological polar surface area (TPSA) is 65.4 Å². The van der Waals surface area contributed by atoms with Crippen LogP contribution in [0.15, 0.2) is 67.0 Å². The predicted octanol–water partition coefficient (Wildman–Crippen LogP) is 3.40. The summed E-state index contributed by atoms with van der Waals surface area (Å²) in [6.07, 6.45) is 6.62. The molecule has 1 atom stereocenters. The highest BCUT2D eigenvalue weighted by Gasteiger charge is 2.18. The quantitative estimate of drug-likeness (QED) is 0.639. The number of amides is 1. The molecule has 3 aromatic rings. The number of nitrogens with one attached hydrogen (secondary N) is 1. The average Bonchev–Trinajstić information content (AvgIpc) is 3.47. The van der Waals surface area contributed by atoms with Crippen molar-refractivity contribution in [3.8, 4) is 11.4 Å². The number of para-hydroxylation sites is 1. The van der Waals surface area contributed by atoms with Crippen molar-refractivity contribution in [3.05, 3.63) is 78.1 Å². The lowest BCUT2D eigenvalue weighted by Gasteiger charge is -2.14. The Morgan fingerprint density at radius 1 is 1.17 bits per heavy atom. The van der Waals surface area contributed by atoms with Crippen LogP contribution >= 0.6 is 0 Å². The lowest BCUT2D eigenvalue weighted by molar-refractivity contribution is 0.0670. The minimum atomic E-state index is -0.124. The zero-order chi connectivity index (χ0) is 19.9. The third-order valence-electron chi connectivity index (χ3n) is 4.98. The number of hydrogen-bond acceptors (Lipinski definition) is 4. The molecular formula is C23H25N3O3. The van der Waals surface area contributed by atoms with Crippen molar-refractivity contribution in [2.24, 2.45) is 0 Å². The molecule has 1 aliphatic heterocycles. The van der Waals surface area contributed by atoms with Gasteiger partial charge >= 0.3 is 0 Å². The van der Waals surface area contributed by atoms with Crippen LogP contribution in [-0.4, -0.2) is 41.6 Å². The van der Waals surface area contributed by atoms with Crippen molar-refractivity contribution < 1.29 is 14.3 Å². The van der Waals surface area contributed by atoms with Gasteiger partial charge in [0.15, 0.2) is 0 Å². The molecule has 29 heavy (non-hydrogen) atoms. The Hall–Kier alpha value is -3.12. The van der Waals surface area contributed by atoms with Crippen LogP contribution in [0.4, 0.5) is 0 Å². The molecule has 1 N–H and O–H groups in total. The molecule has 1 fully saturated rings. The van der Waals surface area contributed by atoms with Crippen LogP contribution in [0.5, 0.6) is 5.75 Å². The van der Waals surface area contributed by atoms with Crippen molar-refractivity contribution in [2.75, 3.05) is 19.8 Å². The molecule has 0 spiro atoms. The Bertz CT molecular complexity index is 917. The van der Waals surface area contributed by atoms with E-state index in [1.165, 1.54) is 0 Å². The molecule has 2 heterocycles. The van der Waals surface area contributed by atoms with E-state index in [4.69, 9.17) is 9.47 Å². The second kappa shape index (κ2) is 9.39. The molecule has 6 nitrogen and oxygen atoms in total. The van der Waals surface area contributed by atoms with E-state index in [0.717, 1.165) is 37.1 Å². The van der Waals surface area contributed by atoms with Crippen molar-refractivity contribution in [1.29, 1.82) is 0 Å². The van der Waals surface area contributed by atoms with Gasteiger partial charge in [0.1, 0.15) is 12.4 Å². The largest absolute Gasteiger partial charge is 0.490 e. The molecule has 0 radical (unpaired) electrons. The van der Waals surface area contributed by atoms with E-state index < -0.39 is 0 Å². The number of carbonyl (C=O) groups is 1. The molecule has 0 bridgehead atoms. The first-order chi connectivity index (χ1) is 14.3. The molecule has 0 aliphatic carbocycles. The minimum absolute atomic E-state index is 0.121. The average molecular weight is 391 g/mol. The SMILES string of the molecule is O=C(NCCc1ccc(-n2cccn2)cc1)c1ccccc1OC[C@@H]1CCCO1. The smallest absolute Gasteiger partial charge is 0.255 e. The number of rotatable bonds is 8. The maximum Gasteiger partial charge on any atom is 0.255 e. The number of hydrogen-bond donors (Lipinski definition) is 1. The molecule has 1 saturated heterocycles. The minimum Gasteiger partial charge on any atom is -0.490 e. The number of ether oxygens (including phenoxy) is 2. The van der Waals surface area contributed by atoms with Gasteiger partial charge in [0.05, 0.1) is 17.4 Å². The third-order valence-corrected chi connectivity index (χ3v) is 4.98. The van der Waals surface area contributed by atoms with Crippen LogP contribution in [0.3, 0.4) is 0 Å². The summed E-state index contributed by atoms with van der Waals surface area (Å²) in [5.74, 6) is 0.477. The summed E-state index contributed by atoms with van der Waals surface area (Å²) in [5.41, 5.74) is 2.73. The second-order valence-corrected chi connectivity index (χ2v) is 7.07. The first-order valence-corrected chi connectivity index (χ1v) is 10.0. The summed E-state index contributed by atoms with van der Waals surface area (Å²) in [6, 6.07) is 17.4. The first-order valence-electron chi connectivity index (χ1n) is 10.0. The first kappa shape index (κ1) is 19.2. The predicted molar refractivity (Wildman–Crippen MR) is 111 cm³/mol. The molecule has 0 unspecified atom stereocenters. The second-order valence-electron chi connectivity index (χ2n) is 7.07. The van der Waals surface area contributed by atoms with Gasteiger partial charge in [-0.3, -0.25) is 4.79 Å². The molecule has 6 heteroatoms. The van der Waals surface area contributed by atoms with Gasteiger partial charge in [0.2, 0.25) is 0 Å². The van der Waals surface area contributed by atoms with Crippen molar-refractivity contribution in [1.82, 2.24) is 15.1 Å². The van der Waals surface area contributed by atoms with Gasteiger partial charge in [-0.2, -0.15) is 5.10 Å². The maximum atomic E-state index is 12.6. The van der Waals surface area contributed by atoms with E-state index in [9.17, 15) is 4.79 Å².